The van der Waals surface area contributed by atoms with E-state index < -0.39 is 12.1 Å². The van der Waals surface area contributed by atoms with Crippen molar-refractivity contribution in [3.63, 3.8) is 0 Å². The number of hydrogen-bond donors (Lipinski definition) is 1. The van der Waals surface area contributed by atoms with Crippen molar-refractivity contribution in [3.8, 4) is 0 Å². The predicted molar refractivity (Wildman–Crippen MR) is 64.3 cm³/mol. The monoisotopic (exact) mass is 237 g/mol. The highest BCUT2D eigenvalue weighted by molar-refractivity contribution is 5.76. The number of ether oxygens (including phenoxy) is 1. The largest absolute Gasteiger partial charge is 0.464 e. The van der Waals surface area contributed by atoms with Crippen LogP contribution in [-0.2, 0) is 9.53 Å². The third-order valence-corrected chi connectivity index (χ3v) is 2.47. The molecule has 0 aliphatic heterocycles. The smallest absolute Gasteiger partial charge is 0.339 e. The van der Waals surface area contributed by atoms with E-state index in [1.165, 1.54) is 6.20 Å². The van der Waals surface area contributed by atoms with Gasteiger partial charge in [0.25, 0.3) is 0 Å². The Morgan fingerprint density at radius 3 is 2.94 bits per heavy atom. The highest BCUT2D eigenvalue weighted by Crippen LogP contribution is 2.12. The molecular weight excluding hydrogens is 218 g/mol. The molecule has 0 saturated carbocycles. The summed E-state index contributed by atoms with van der Waals surface area (Å²) in [6.45, 7) is 2.49. The molecule has 4 nitrogen and oxygen atoms in total. The molecule has 0 spiro atoms. The number of nitrogens with zero attached hydrogens (tertiary/aromatic N) is 1. The second-order valence-electron chi connectivity index (χ2n) is 3.92. The molecule has 4 heteroatoms. The Kier molecular flexibility index (Phi) is 6.25. The van der Waals surface area contributed by atoms with Crippen LogP contribution < -0.4 is 0 Å². The van der Waals surface area contributed by atoms with Gasteiger partial charge in [0.05, 0.1) is 6.61 Å². The van der Waals surface area contributed by atoms with Crippen LogP contribution in [0.4, 0.5) is 0 Å². The second kappa shape index (κ2) is 7.79. The summed E-state index contributed by atoms with van der Waals surface area (Å²) in [6, 6.07) is 3.32. The number of unbranched alkanes of at least 4 members (excludes halogenated alkanes) is 3. The summed E-state index contributed by atoms with van der Waals surface area (Å²) in [5.41, 5.74) is 0.464. The number of esters is 1. The maximum atomic E-state index is 11.5. The molecular formula is C13H19NO3. The number of aliphatic hydroxyl groups is 1. The van der Waals surface area contributed by atoms with Crippen LogP contribution in [0.25, 0.3) is 0 Å². The molecule has 0 aliphatic carbocycles. The molecule has 1 N–H and O–H groups in total. The fourth-order valence-corrected chi connectivity index (χ4v) is 1.45. The van der Waals surface area contributed by atoms with Gasteiger partial charge in [0.15, 0.2) is 6.10 Å². The summed E-state index contributed by atoms with van der Waals surface area (Å²) in [7, 11) is 0. The van der Waals surface area contributed by atoms with Gasteiger partial charge in [-0.05, 0) is 12.5 Å². The molecule has 0 radical (unpaired) electrons. The van der Waals surface area contributed by atoms with E-state index >= 15 is 0 Å². The van der Waals surface area contributed by atoms with Crippen LogP contribution in [-0.4, -0.2) is 22.7 Å². The average molecular weight is 237 g/mol. The van der Waals surface area contributed by atoms with Crippen LogP contribution >= 0.6 is 0 Å². The Labute approximate surface area is 102 Å². The number of carbonyl (C=O) groups is 1. The van der Waals surface area contributed by atoms with Crippen molar-refractivity contribution in [2.45, 2.75) is 38.7 Å². The summed E-state index contributed by atoms with van der Waals surface area (Å²) >= 11 is 0. The molecule has 0 aromatic carbocycles. The van der Waals surface area contributed by atoms with E-state index in [1.54, 1.807) is 18.3 Å². The molecule has 0 fully saturated rings. The van der Waals surface area contributed by atoms with E-state index in [2.05, 4.69) is 11.9 Å². The van der Waals surface area contributed by atoms with Crippen LogP contribution in [0.1, 0.15) is 44.3 Å². The van der Waals surface area contributed by atoms with Gasteiger partial charge >= 0.3 is 5.97 Å². The van der Waals surface area contributed by atoms with Crippen molar-refractivity contribution in [2.75, 3.05) is 6.61 Å². The lowest BCUT2D eigenvalue weighted by Gasteiger charge is -2.10. The molecule has 1 aromatic rings. The van der Waals surface area contributed by atoms with Gasteiger partial charge in [0.1, 0.15) is 0 Å². The van der Waals surface area contributed by atoms with Crippen molar-refractivity contribution in [3.05, 3.63) is 30.1 Å². The summed E-state index contributed by atoms with van der Waals surface area (Å²) in [4.78, 5) is 15.3. The van der Waals surface area contributed by atoms with Crippen molar-refractivity contribution in [2.24, 2.45) is 0 Å². The molecule has 0 bridgehead atoms. The van der Waals surface area contributed by atoms with Gasteiger partial charge in [-0.25, -0.2) is 4.79 Å². The van der Waals surface area contributed by atoms with Gasteiger partial charge in [0, 0.05) is 18.0 Å². The third kappa shape index (κ3) is 4.95. The molecule has 0 aliphatic rings. The maximum Gasteiger partial charge on any atom is 0.339 e. The van der Waals surface area contributed by atoms with Crippen LogP contribution in [0.2, 0.25) is 0 Å². The molecule has 17 heavy (non-hydrogen) atoms. The van der Waals surface area contributed by atoms with Gasteiger partial charge in [0.2, 0.25) is 0 Å². The van der Waals surface area contributed by atoms with Gasteiger partial charge in [-0.2, -0.15) is 0 Å². The predicted octanol–water partition coefficient (Wildman–Crippen LogP) is 2.24. The fraction of sp³-hybridized carbons (Fsp3) is 0.538. The summed E-state index contributed by atoms with van der Waals surface area (Å²) in [5.74, 6) is -0.602. The number of pyridine rings is 1. The Morgan fingerprint density at radius 1 is 1.47 bits per heavy atom. The lowest BCUT2D eigenvalue weighted by molar-refractivity contribution is -0.154. The minimum atomic E-state index is -1.23. The summed E-state index contributed by atoms with van der Waals surface area (Å²) < 4.78 is 4.99. The normalized spacial score (nSPS) is 12.1. The Morgan fingerprint density at radius 2 is 2.29 bits per heavy atom. The number of aromatic nitrogens is 1. The van der Waals surface area contributed by atoms with Gasteiger partial charge < -0.3 is 9.84 Å². The summed E-state index contributed by atoms with van der Waals surface area (Å²) in [6.07, 6.45) is 6.01. The summed E-state index contributed by atoms with van der Waals surface area (Å²) in [5, 5.41) is 9.68. The van der Waals surface area contributed by atoms with E-state index in [4.69, 9.17) is 4.74 Å². The zero-order valence-electron chi connectivity index (χ0n) is 10.1. The number of hydrogen-bond acceptors (Lipinski definition) is 4. The zero-order valence-corrected chi connectivity index (χ0v) is 10.1. The van der Waals surface area contributed by atoms with Gasteiger partial charge in [-0.1, -0.05) is 32.3 Å². The molecule has 94 valence electrons. The second-order valence-corrected chi connectivity index (χ2v) is 3.92. The molecule has 1 heterocycles. The van der Waals surface area contributed by atoms with E-state index in [-0.39, 0.29) is 0 Å². The topological polar surface area (TPSA) is 59.4 Å². The SMILES string of the molecule is CCCCCCOC(=O)C(O)c1cccnc1. The first-order chi connectivity index (χ1) is 8.25. The fourth-order valence-electron chi connectivity index (χ4n) is 1.45. The van der Waals surface area contributed by atoms with E-state index in [1.807, 2.05) is 0 Å². The third-order valence-electron chi connectivity index (χ3n) is 2.47. The molecule has 1 unspecified atom stereocenters. The minimum Gasteiger partial charge on any atom is -0.464 e. The standard InChI is InChI=1S/C13H19NO3/c1-2-3-4-5-9-17-13(16)12(15)11-7-6-8-14-10-11/h6-8,10,12,15H,2-5,9H2,1H3. The average Bonchev–Trinajstić information content (AvgIpc) is 2.38. The lowest BCUT2D eigenvalue weighted by atomic mass is 10.2. The van der Waals surface area contributed by atoms with Crippen LogP contribution in [0, 0.1) is 0 Å². The van der Waals surface area contributed by atoms with Crippen LogP contribution in [0.15, 0.2) is 24.5 Å². The van der Waals surface area contributed by atoms with Crippen molar-refractivity contribution < 1.29 is 14.6 Å². The van der Waals surface area contributed by atoms with Gasteiger partial charge in [-0.3, -0.25) is 4.98 Å². The van der Waals surface area contributed by atoms with E-state index in [0.29, 0.717) is 12.2 Å². The number of rotatable bonds is 7. The first kappa shape index (κ1) is 13.6. The Hall–Kier alpha value is -1.42. The quantitative estimate of drug-likeness (QED) is 0.583. The molecule has 0 saturated heterocycles. The minimum absolute atomic E-state index is 0.371. The maximum absolute atomic E-state index is 11.5. The molecule has 1 atom stereocenters. The number of carbonyl (C=O) groups excluding carboxylic acids is 1. The van der Waals surface area contributed by atoms with Crippen molar-refractivity contribution in [1.82, 2.24) is 4.98 Å². The zero-order chi connectivity index (χ0) is 12.5. The van der Waals surface area contributed by atoms with Crippen molar-refractivity contribution >= 4 is 5.97 Å². The van der Waals surface area contributed by atoms with Crippen molar-refractivity contribution in [1.29, 1.82) is 0 Å². The van der Waals surface area contributed by atoms with Gasteiger partial charge in [-0.15, -0.1) is 0 Å². The van der Waals surface area contributed by atoms with Crippen LogP contribution in [0.3, 0.4) is 0 Å². The molecule has 0 amide bonds. The highest BCUT2D eigenvalue weighted by atomic mass is 16.5. The first-order valence-electron chi connectivity index (χ1n) is 6.00. The lowest BCUT2D eigenvalue weighted by Crippen LogP contribution is -2.16. The Balaban J connectivity index is 2.28. The Bertz CT molecular complexity index is 327. The van der Waals surface area contributed by atoms with E-state index in [0.717, 1.165) is 25.7 Å². The molecule has 1 rings (SSSR count). The molecule has 1 aromatic heterocycles. The van der Waals surface area contributed by atoms with E-state index in [9.17, 15) is 9.90 Å². The first-order valence-corrected chi connectivity index (χ1v) is 6.00. The van der Waals surface area contributed by atoms with Crippen LogP contribution in [0.5, 0.6) is 0 Å². The highest BCUT2D eigenvalue weighted by Gasteiger charge is 2.18. The number of aliphatic hydroxyl groups excluding tert-OH is 1.